The third-order valence-corrected chi connectivity index (χ3v) is 3.20. The van der Waals surface area contributed by atoms with Crippen LogP contribution in [-0.4, -0.2) is 13.2 Å². The van der Waals surface area contributed by atoms with Gasteiger partial charge in [-0.05, 0) is 52.7 Å². The number of hydrogen-bond donors (Lipinski definition) is 1. The smallest absolute Gasteiger partial charge is 0.133 e. The number of nitrogens with one attached hydrogen (secondary N) is 1. The molecule has 0 aromatic heterocycles. The first-order valence-electron chi connectivity index (χ1n) is 5.93. The zero-order valence-corrected chi connectivity index (χ0v) is 11.9. The van der Waals surface area contributed by atoms with E-state index in [4.69, 9.17) is 4.74 Å². The van der Waals surface area contributed by atoms with Gasteiger partial charge in [0.2, 0.25) is 0 Å². The molecule has 0 radical (unpaired) electrons. The van der Waals surface area contributed by atoms with Gasteiger partial charge in [0, 0.05) is 12.2 Å². The molecule has 2 aromatic rings. The molecule has 0 heterocycles. The van der Waals surface area contributed by atoms with E-state index in [1.807, 2.05) is 30.3 Å². The lowest BCUT2D eigenvalue weighted by Gasteiger charge is -2.10. The number of rotatable bonds is 5. The summed E-state index contributed by atoms with van der Waals surface area (Å²) < 4.78 is 6.67. The minimum absolute atomic E-state index is 0.635. The van der Waals surface area contributed by atoms with Crippen molar-refractivity contribution in [1.82, 2.24) is 0 Å². The maximum Gasteiger partial charge on any atom is 0.133 e. The average molecular weight is 306 g/mol. The van der Waals surface area contributed by atoms with Crippen molar-refractivity contribution in [3.05, 3.63) is 58.6 Å². The first kappa shape index (κ1) is 13.0. The summed E-state index contributed by atoms with van der Waals surface area (Å²) in [6.07, 6.45) is 0. The predicted molar refractivity (Wildman–Crippen MR) is 79.3 cm³/mol. The largest absolute Gasteiger partial charge is 0.491 e. The molecular formula is C15H16BrNO. The quantitative estimate of drug-likeness (QED) is 0.834. The summed E-state index contributed by atoms with van der Waals surface area (Å²) in [6, 6.07) is 16.2. The fourth-order valence-electron chi connectivity index (χ4n) is 1.67. The van der Waals surface area contributed by atoms with E-state index in [2.05, 4.69) is 46.4 Å². The molecule has 2 aromatic carbocycles. The maximum atomic E-state index is 5.68. The van der Waals surface area contributed by atoms with E-state index in [1.165, 1.54) is 5.56 Å². The Morgan fingerprint density at radius 1 is 1.11 bits per heavy atom. The topological polar surface area (TPSA) is 21.3 Å². The lowest BCUT2D eigenvalue weighted by atomic mass is 10.2. The molecule has 0 unspecified atom stereocenters. The van der Waals surface area contributed by atoms with Gasteiger partial charge in [0.1, 0.15) is 12.4 Å². The molecule has 94 valence electrons. The average Bonchev–Trinajstić information content (AvgIpc) is 2.37. The van der Waals surface area contributed by atoms with Crippen molar-refractivity contribution in [1.29, 1.82) is 0 Å². The summed E-state index contributed by atoms with van der Waals surface area (Å²) in [4.78, 5) is 0. The molecule has 18 heavy (non-hydrogen) atoms. The minimum Gasteiger partial charge on any atom is -0.491 e. The van der Waals surface area contributed by atoms with Crippen LogP contribution in [0.15, 0.2) is 53.0 Å². The van der Waals surface area contributed by atoms with Crippen molar-refractivity contribution in [2.24, 2.45) is 0 Å². The Kier molecular flexibility index (Phi) is 4.65. The van der Waals surface area contributed by atoms with Crippen molar-refractivity contribution in [2.45, 2.75) is 6.92 Å². The molecule has 2 rings (SSSR count). The van der Waals surface area contributed by atoms with E-state index in [1.54, 1.807) is 0 Å². The number of anilines is 1. The summed E-state index contributed by atoms with van der Waals surface area (Å²) in [6.45, 7) is 3.50. The van der Waals surface area contributed by atoms with Gasteiger partial charge in [-0.2, -0.15) is 0 Å². The minimum atomic E-state index is 0.635. The van der Waals surface area contributed by atoms with Crippen LogP contribution in [0.3, 0.4) is 0 Å². The highest BCUT2D eigenvalue weighted by molar-refractivity contribution is 9.10. The molecule has 0 saturated carbocycles. The van der Waals surface area contributed by atoms with E-state index in [-0.39, 0.29) is 0 Å². The van der Waals surface area contributed by atoms with Crippen LogP contribution in [-0.2, 0) is 0 Å². The van der Waals surface area contributed by atoms with Crippen molar-refractivity contribution < 1.29 is 4.74 Å². The van der Waals surface area contributed by atoms with Crippen LogP contribution in [0.4, 0.5) is 5.69 Å². The van der Waals surface area contributed by atoms with Gasteiger partial charge < -0.3 is 10.1 Å². The Labute approximate surface area is 116 Å². The predicted octanol–water partition coefficient (Wildman–Crippen LogP) is 4.25. The lowest BCUT2D eigenvalue weighted by molar-refractivity contribution is 0.331. The van der Waals surface area contributed by atoms with Gasteiger partial charge in [-0.1, -0.05) is 24.3 Å². The molecule has 0 fully saturated rings. The van der Waals surface area contributed by atoms with Gasteiger partial charge in [0.05, 0.1) is 4.47 Å². The van der Waals surface area contributed by atoms with Crippen LogP contribution >= 0.6 is 15.9 Å². The highest BCUT2D eigenvalue weighted by Gasteiger charge is 1.98. The molecule has 0 amide bonds. The second-order valence-corrected chi connectivity index (χ2v) is 4.93. The highest BCUT2D eigenvalue weighted by Crippen LogP contribution is 2.23. The van der Waals surface area contributed by atoms with Crippen molar-refractivity contribution in [2.75, 3.05) is 18.5 Å². The highest BCUT2D eigenvalue weighted by atomic mass is 79.9. The number of para-hydroxylation sites is 1. The number of halogens is 1. The summed E-state index contributed by atoms with van der Waals surface area (Å²) in [5.74, 6) is 0.878. The number of ether oxygens (including phenoxy) is 1. The number of hydrogen-bond acceptors (Lipinski definition) is 2. The molecule has 0 bridgehead atoms. The van der Waals surface area contributed by atoms with E-state index in [9.17, 15) is 0 Å². The van der Waals surface area contributed by atoms with Gasteiger partial charge in [0.15, 0.2) is 0 Å². The molecular weight excluding hydrogens is 290 g/mol. The van der Waals surface area contributed by atoms with E-state index >= 15 is 0 Å². The number of aryl methyl sites for hydroxylation is 1. The SMILES string of the molecule is Cc1cccc(NCCOc2ccccc2Br)c1. The summed E-state index contributed by atoms with van der Waals surface area (Å²) in [5, 5.41) is 3.33. The van der Waals surface area contributed by atoms with Crippen LogP contribution in [0, 0.1) is 6.92 Å². The molecule has 3 heteroatoms. The van der Waals surface area contributed by atoms with Crippen LogP contribution in [0.5, 0.6) is 5.75 Å². The standard InChI is InChI=1S/C15H16BrNO/c1-12-5-4-6-13(11-12)17-9-10-18-15-8-3-2-7-14(15)16/h2-8,11,17H,9-10H2,1H3. The zero-order chi connectivity index (χ0) is 12.8. The first-order chi connectivity index (χ1) is 8.75. The maximum absolute atomic E-state index is 5.68. The molecule has 0 atom stereocenters. The molecule has 0 spiro atoms. The van der Waals surface area contributed by atoms with Gasteiger partial charge in [-0.15, -0.1) is 0 Å². The zero-order valence-electron chi connectivity index (χ0n) is 10.3. The van der Waals surface area contributed by atoms with E-state index < -0.39 is 0 Å². The van der Waals surface area contributed by atoms with Crippen molar-refractivity contribution in [3.8, 4) is 5.75 Å². The molecule has 1 N–H and O–H groups in total. The van der Waals surface area contributed by atoms with Gasteiger partial charge in [-0.25, -0.2) is 0 Å². The monoisotopic (exact) mass is 305 g/mol. The van der Waals surface area contributed by atoms with Crippen molar-refractivity contribution in [3.63, 3.8) is 0 Å². The molecule has 0 aliphatic carbocycles. The normalized spacial score (nSPS) is 10.1. The summed E-state index contributed by atoms with van der Waals surface area (Å²) in [5.41, 5.74) is 2.39. The van der Waals surface area contributed by atoms with Gasteiger partial charge >= 0.3 is 0 Å². The number of benzene rings is 2. The Bertz CT molecular complexity index is 513. The summed E-state index contributed by atoms with van der Waals surface area (Å²) in [7, 11) is 0. The Morgan fingerprint density at radius 3 is 2.72 bits per heavy atom. The molecule has 0 aliphatic heterocycles. The fourth-order valence-corrected chi connectivity index (χ4v) is 2.07. The van der Waals surface area contributed by atoms with Gasteiger partial charge in [0.25, 0.3) is 0 Å². The Balaban J connectivity index is 1.78. The fraction of sp³-hybridized carbons (Fsp3) is 0.200. The lowest BCUT2D eigenvalue weighted by Crippen LogP contribution is -2.11. The van der Waals surface area contributed by atoms with E-state index in [0.717, 1.165) is 22.5 Å². The van der Waals surface area contributed by atoms with Crippen LogP contribution < -0.4 is 10.1 Å². The first-order valence-corrected chi connectivity index (χ1v) is 6.73. The van der Waals surface area contributed by atoms with Crippen molar-refractivity contribution >= 4 is 21.6 Å². The summed E-state index contributed by atoms with van der Waals surface area (Å²) >= 11 is 3.46. The molecule has 0 saturated heterocycles. The van der Waals surface area contributed by atoms with Crippen LogP contribution in [0.2, 0.25) is 0 Å². The molecule has 2 nitrogen and oxygen atoms in total. The Morgan fingerprint density at radius 2 is 1.94 bits per heavy atom. The van der Waals surface area contributed by atoms with Crippen LogP contribution in [0.25, 0.3) is 0 Å². The second kappa shape index (κ2) is 6.45. The second-order valence-electron chi connectivity index (χ2n) is 4.08. The third-order valence-electron chi connectivity index (χ3n) is 2.54. The van der Waals surface area contributed by atoms with Gasteiger partial charge in [-0.3, -0.25) is 0 Å². The van der Waals surface area contributed by atoms with E-state index in [0.29, 0.717) is 6.61 Å². The van der Waals surface area contributed by atoms with Crippen LogP contribution in [0.1, 0.15) is 5.56 Å². The third kappa shape index (κ3) is 3.77. The Hall–Kier alpha value is -1.48. The molecule has 0 aliphatic rings.